The van der Waals surface area contributed by atoms with E-state index in [1.54, 1.807) is 12.1 Å². The predicted octanol–water partition coefficient (Wildman–Crippen LogP) is 3.30. The number of benzene rings is 2. The third-order valence-electron chi connectivity index (χ3n) is 4.79. The fourth-order valence-electron chi connectivity index (χ4n) is 3.57. The lowest BCUT2D eigenvalue weighted by molar-refractivity contribution is -0.139. The number of carboxylic acid groups (broad SMARTS) is 1. The van der Waals surface area contributed by atoms with Crippen LogP contribution in [0.15, 0.2) is 36.4 Å². The zero-order chi connectivity index (χ0) is 21.1. The average molecular weight is 432 g/mol. The van der Waals surface area contributed by atoms with Crippen LogP contribution in [0.2, 0.25) is 10.0 Å². The molecule has 1 aliphatic rings. The van der Waals surface area contributed by atoms with Crippen LogP contribution in [-0.2, 0) is 16.0 Å². The Hall–Kier alpha value is -2.88. The van der Waals surface area contributed by atoms with Crippen molar-refractivity contribution in [3.05, 3.63) is 63.1 Å². The van der Waals surface area contributed by atoms with Crippen LogP contribution in [0.3, 0.4) is 0 Å². The summed E-state index contributed by atoms with van der Waals surface area (Å²) in [6.45, 7) is 1.32. The van der Waals surface area contributed by atoms with Crippen LogP contribution < -0.4 is 16.2 Å². The number of nitrogens with one attached hydrogen (secondary N) is 1. The molecule has 0 radical (unpaired) electrons. The molecule has 0 saturated carbocycles. The largest absolute Gasteiger partial charge is 0.480 e. The monoisotopic (exact) mass is 431 g/mol. The minimum Gasteiger partial charge on any atom is -0.480 e. The quantitative estimate of drug-likeness (QED) is 0.509. The summed E-state index contributed by atoms with van der Waals surface area (Å²) in [7, 11) is 0. The molecule has 2 aromatic carbocycles. The van der Waals surface area contributed by atoms with Gasteiger partial charge in [-0.25, -0.2) is 4.79 Å². The summed E-state index contributed by atoms with van der Waals surface area (Å²) in [6, 6.07) is 12.4. The van der Waals surface area contributed by atoms with Gasteiger partial charge in [0.2, 0.25) is 5.91 Å². The fraction of sp³-hybridized carbons (Fsp3) is 0.238. The Balaban J connectivity index is 2.11. The van der Waals surface area contributed by atoms with Gasteiger partial charge in [0, 0.05) is 40.9 Å². The lowest BCUT2D eigenvalue weighted by Gasteiger charge is -2.40. The zero-order valence-corrected chi connectivity index (χ0v) is 17.1. The maximum absolute atomic E-state index is 12.0. The van der Waals surface area contributed by atoms with Crippen molar-refractivity contribution in [2.75, 3.05) is 5.01 Å². The lowest BCUT2D eigenvalue weighted by atomic mass is 9.81. The molecule has 1 amide bonds. The summed E-state index contributed by atoms with van der Waals surface area (Å²) in [5, 5.41) is 11.9. The van der Waals surface area contributed by atoms with Gasteiger partial charge in [-0.3, -0.25) is 15.2 Å². The van der Waals surface area contributed by atoms with Crippen LogP contribution in [0.4, 0.5) is 5.69 Å². The Labute approximate surface area is 178 Å². The molecule has 8 heteroatoms. The van der Waals surface area contributed by atoms with Crippen molar-refractivity contribution in [1.82, 2.24) is 5.43 Å². The molecule has 3 rings (SSSR count). The number of amides is 1. The van der Waals surface area contributed by atoms with E-state index in [4.69, 9.17) is 28.9 Å². The second-order valence-electron chi connectivity index (χ2n) is 6.74. The molecular formula is C21H19Cl2N3O3. The molecule has 0 spiro atoms. The van der Waals surface area contributed by atoms with Crippen molar-refractivity contribution >= 4 is 40.8 Å². The van der Waals surface area contributed by atoms with Gasteiger partial charge in [0.1, 0.15) is 6.04 Å². The third-order valence-corrected chi connectivity index (χ3v) is 5.32. The van der Waals surface area contributed by atoms with Crippen LogP contribution >= 0.6 is 23.2 Å². The van der Waals surface area contributed by atoms with E-state index < -0.39 is 12.0 Å². The SMILES string of the molecule is CC(=O)NN1c2cc(Cl)cc(Cl)c2[C@@H](c2ccc(CC#CN)cc2)C[C@@H]1C(=O)O. The van der Waals surface area contributed by atoms with Gasteiger partial charge in [-0.2, -0.15) is 0 Å². The number of nitrogens with zero attached hydrogens (tertiary/aromatic N) is 1. The average Bonchev–Trinajstić information content (AvgIpc) is 2.66. The van der Waals surface area contributed by atoms with E-state index in [1.807, 2.05) is 24.3 Å². The second kappa shape index (κ2) is 8.64. The molecule has 0 bridgehead atoms. The Morgan fingerprint density at radius 2 is 1.97 bits per heavy atom. The molecule has 1 aliphatic heterocycles. The van der Waals surface area contributed by atoms with Gasteiger partial charge in [-0.15, -0.1) is 0 Å². The van der Waals surface area contributed by atoms with E-state index in [9.17, 15) is 14.7 Å². The predicted molar refractivity (Wildman–Crippen MR) is 113 cm³/mol. The first-order valence-corrected chi connectivity index (χ1v) is 9.63. The topological polar surface area (TPSA) is 95.7 Å². The van der Waals surface area contributed by atoms with E-state index >= 15 is 0 Å². The summed E-state index contributed by atoms with van der Waals surface area (Å²) in [4.78, 5) is 23.7. The van der Waals surface area contributed by atoms with Crippen molar-refractivity contribution in [2.45, 2.75) is 31.7 Å². The smallest absolute Gasteiger partial charge is 0.328 e. The molecule has 0 aliphatic carbocycles. The molecule has 4 N–H and O–H groups in total. The van der Waals surface area contributed by atoms with E-state index in [0.717, 1.165) is 16.7 Å². The van der Waals surface area contributed by atoms with Gasteiger partial charge < -0.3 is 10.8 Å². The standard InChI is InChI=1S/C21H19Cl2N3O3/c1-12(27)25-26-18-10-15(22)9-17(23)20(18)16(11-19(26)21(28)29)14-6-4-13(5-7-14)3-2-8-24/h4-7,9-10,16,19H,3,11,24H2,1H3,(H,25,27)(H,28,29)/t16-,19-/m1/s1. The molecule has 150 valence electrons. The number of carbonyl (C=O) groups excluding carboxylic acids is 1. The first-order valence-electron chi connectivity index (χ1n) is 8.87. The Bertz CT molecular complexity index is 1010. The summed E-state index contributed by atoms with van der Waals surface area (Å²) < 4.78 is 0. The molecule has 2 atom stereocenters. The maximum Gasteiger partial charge on any atom is 0.328 e. The molecule has 0 aromatic heterocycles. The molecule has 0 fully saturated rings. The van der Waals surface area contributed by atoms with Crippen molar-refractivity contribution in [2.24, 2.45) is 5.73 Å². The van der Waals surface area contributed by atoms with Gasteiger partial charge in [0.25, 0.3) is 0 Å². The van der Waals surface area contributed by atoms with Crippen LogP contribution in [0.1, 0.15) is 36.0 Å². The van der Waals surface area contributed by atoms with Gasteiger partial charge in [0.05, 0.1) is 5.69 Å². The second-order valence-corrected chi connectivity index (χ2v) is 7.58. The number of carbonyl (C=O) groups is 2. The number of nitrogens with two attached hydrogens (primary N) is 1. The minimum atomic E-state index is -1.06. The number of rotatable bonds is 4. The lowest BCUT2D eigenvalue weighted by Crippen LogP contribution is -2.54. The Kier molecular flexibility index (Phi) is 6.21. The number of halogens is 2. The Morgan fingerprint density at radius 1 is 1.28 bits per heavy atom. The Morgan fingerprint density at radius 3 is 2.55 bits per heavy atom. The highest BCUT2D eigenvalue weighted by Gasteiger charge is 2.39. The number of hydrogen-bond donors (Lipinski definition) is 3. The van der Waals surface area contributed by atoms with Crippen LogP contribution in [0.25, 0.3) is 0 Å². The number of aliphatic carboxylic acids is 1. The number of hydrogen-bond acceptors (Lipinski definition) is 4. The van der Waals surface area contributed by atoms with E-state index in [0.29, 0.717) is 22.2 Å². The molecule has 0 unspecified atom stereocenters. The van der Waals surface area contributed by atoms with Gasteiger partial charge in [0.15, 0.2) is 0 Å². The summed E-state index contributed by atoms with van der Waals surface area (Å²) in [6.07, 6.45) is 0.758. The molecule has 2 aromatic rings. The molecule has 1 heterocycles. The summed E-state index contributed by atoms with van der Waals surface area (Å²) in [5.74, 6) is 1.08. The molecule has 29 heavy (non-hydrogen) atoms. The van der Waals surface area contributed by atoms with Gasteiger partial charge in [-0.1, -0.05) is 53.4 Å². The maximum atomic E-state index is 12.0. The van der Waals surface area contributed by atoms with Crippen molar-refractivity contribution in [3.63, 3.8) is 0 Å². The van der Waals surface area contributed by atoms with Gasteiger partial charge >= 0.3 is 5.97 Å². The summed E-state index contributed by atoms with van der Waals surface area (Å²) >= 11 is 12.7. The summed E-state index contributed by atoms with van der Waals surface area (Å²) in [5.41, 5.74) is 10.9. The van der Waals surface area contributed by atoms with Crippen LogP contribution in [0.5, 0.6) is 0 Å². The zero-order valence-electron chi connectivity index (χ0n) is 15.6. The normalized spacial score (nSPS) is 17.7. The van der Waals surface area contributed by atoms with Gasteiger partial charge in [-0.05, 0) is 29.7 Å². The molecule has 6 nitrogen and oxygen atoms in total. The van der Waals surface area contributed by atoms with Crippen molar-refractivity contribution < 1.29 is 14.7 Å². The highest BCUT2D eigenvalue weighted by molar-refractivity contribution is 6.35. The van der Waals surface area contributed by atoms with Crippen LogP contribution in [0, 0.1) is 12.0 Å². The third kappa shape index (κ3) is 4.42. The van der Waals surface area contributed by atoms with E-state index in [1.165, 1.54) is 11.9 Å². The van der Waals surface area contributed by atoms with Crippen molar-refractivity contribution in [3.8, 4) is 12.0 Å². The number of anilines is 1. The number of fused-ring (bicyclic) bond motifs is 1. The number of hydrazine groups is 1. The first-order chi connectivity index (χ1) is 13.8. The van der Waals surface area contributed by atoms with Crippen LogP contribution in [-0.4, -0.2) is 23.0 Å². The highest BCUT2D eigenvalue weighted by Crippen LogP contribution is 2.46. The highest BCUT2D eigenvalue weighted by atomic mass is 35.5. The molecule has 0 saturated heterocycles. The first kappa shape index (κ1) is 20.8. The van der Waals surface area contributed by atoms with E-state index in [2.05, 4.69) is 17.4 Å². The molecular weight excluding hydrogens is 413 g/mol. The van der Waals surface area contributed by atoms with E-state index in [-0.39, 0.29) is 18.2 Å². The minimum absolute atomic E-state index is 0.228. The fourth-order valence-corrected chi connectivity index (χ4v) is 4.19. The number of carboxylic acids is 1. The van der Waals surface area contributed by atoms with Crippen molar-refractivity contribution in [1.29, 1.82) is 0 Å².